The Morgan fingerprint density at radius 1 is 0.939 bits per heavy atom. The van der Waals surface area contributed by atoms with Crippen LogP contribution >= 0.6 is 0 Å². The number of nitrogens with zero attached hydrogens (tertiary/aromatic N) is 6. The summed E-state index contributed by atoms with van der Waals surface area (Å²) in [6.45, 7) is 10.4. The third-order valence-electron chi connectivity index (χ3n) is 6.47. The molecule has 0 amide bonds. The highest BCUT2D eigenvalue weighted by Crippen LogP contribution is 2.28. The summed E-state index contributed by atoms with van der Waals surface area (Å²) in [5, 5.41) is 9.98. The molecule has 1 N–H and O–H groups in total. The maximum Gasteiger partial charge on any atom is 0.130 e. The zero-order valence-electron chi connectivity index (χ0n) is 19.4. The molecule has 0 saturated carbocycles. The Bertz CT molecular complexity index is 1320. The van der Waals surface area contributed by atoms with Crippen molar-refractivity contribution in [1.82, 2.24) is 24.6 Å². The van der Waals surface area contributed by atoms with E-state index in [9.17, 15) is 0 Å². The second-order valence-corrected chi connectivity index (χ2v) is 8.70. The maximum absolute atomic E-state index is 4.60. The normalized spacial score (nSPS) is 14.6. The highest BCUT2D eigenvalue weighted by atomic mass is 15.3. The Balaban J connectivity index is 1.37. The summed E-state index contributed by atoms with van der Waals surface area (Å²) in [5.74, 6) is 1.76. The number of pyridine rings is 2. The van der Waals surface area contributed by atoms with Gasteiger partial charge in [0.1, 0.15) is 11.6 Å². The molecule has 168 valence electrons. The van der Waals surface area contributed by atoms with Crippen molar-refractivity contribution in [1.29, 1.82) is 0 Å². The van der Waals surface area contributed by atoms with Gasteiger partial charge in [-0.25, -0.2) is 9.97 Å². The molecule has 0 aliphatic carbocycles. The lowest BCUT2D eigenvalue weighted by Crippen LogP contribution is -2.44. The van der Waals surface area contributed by atoms with Crippen LogP contribution in [0.4, 0.5) is 11.6 Å². The molecule has 0 bridgehead atoms. The van der Waals surface area contributed by atoms with Gasteiger partial charge in [0, 0.05) is 73.5 Å². The lowest BCUT2D eigenvalue weighted by Gasteiger charge is -2.33. The first-order valence-corrected chi connectivity index (χ1v) is 11.2. The zero-order valence-corrected chi connectivity index (χ0v) is 19.4. The third kappa shape index (κ3) is 4.32. The Morgan fingerprint density at radius 2 is 1.76 bits per heavy atom. The maximum atomic E-state index is 4.60. The van der Waals surface area contributed by atoms with Crippen LogP contribution in [0.2, 0.25) is 0 Å². The molecule has 1 fully saturated rings. The molecule has 5 rings (SSSR count). The first-order valence-electron chi connectivity index (χ1n) is 11.2. The summed E-state index contributed by atoms with van der Waals surface area (Å²) in [4.78, 5) is 13.8. The first-order chi connectivity index (χ1) is 16.0. The molecule has 3 aromatic heterocycles. The van der Waals surface area contributed by atoms with E-state index in [-0.39, 0.29) is 0 Å². The van der Waals surface area contributed by atoms with Crippen LogP contribution in [0.3, 0.4) is 0 Å². The number of hydrogen-bond donors (Lipinski definition) is 1. The van der Waals surface area contributed by atoms with Crippen LogP contribution in [0, 0.1) is 6.92 Å². The molecule has 1 aliphatic rings. The largest absolute Gasteiger partial charge is 0.354 e. The van der Waals surface area contributed by atoms with Crippen LogP contribution in [0.1, 0.15) is 11.3 Å². The average Bonchev–Trinajstić information content (AvgIpc) is 3.17. The van der Waals surface area contributed by atoms with Gasteiger partial charge in [0.2, 0.25) is 0 Å². The van der Waals surface area contributed by atoms with Gasteiger partial charge in [-0.15, -0.1) is 0 Å². The molecule has 1 aromatic carbocycles. The van der Waals surface area contributed by atoms with Gasteiger partial charge in [0.25, 0.3) is 0 Å². The van der Waals surface area contributed by atoms with Crippen LogP contribution in [-0.2, 0) is 7.05 Å². The van der Waals surface area contributed by atoms with Crippen LogP contribution < -0.4 is 10.2 Å². The summed E-state index contributed by atoms with van der Waals surface area (Å²) in [6.07, 6.45) is 5.67. The average molecular weight is 440 g/mol. The van der Waals surface area contributed by atoms with E-state index >= 15 is 0 Å². The number of anilines is 2. The van der Waals surface area contributed by atoms with E-state index in [1.165, 1.54) is 0 Å². The first kappa shape index (κ1) is 21.2. The van der Waals surface area contributed by atoms with Crippen LogP contribution in [-0.4, -0.2) is 57.9 Å². The lowest BCUT2D eigenvalue weighted by molar-refractivity contribution is 0.312. The number of aryl methyl sites for hydroxylation is 1. The van der Waals surface area contributed by atoms with Gasteiger partial charge >= 0.3 is 0 Å². The smallest absolute Gasteiger partial charge is 0.130 e. The fraction of sp³-hybridized carbons (Fsp3) is 0.269. The van der Waals surface area contributed by atoms with Gasteiger partial charge in [-0.1, -0.05) is 18.7 Å². The predicted octanol–water partition coefficient (Wildman–Crippen LogP) is 4.17. The monoisotopic (exact) mass is 439 g/mol. The van der Waals surface area contributed by atoms with Gasteiger partial charge in [0.15, 0.2) is 0 Å². The predicted molar refractivity (Wildman–Crippen MR) is 135 cm³/mol. The molecule has 1 aliphatic heterocycles. The number of piperazine rings is 1. The van der Waals surface area contributed by atoms with Crippen LogP contribution in [0.15, 0.2) is 61.6 Å². The molecule has 0 unspecified atom stereocenters. The topological polar surface area (TPSA) is 62.1 Å². The molecule has 4 heterocycles. The standard InChI is InChI=1S/C26H29N7/c1-18(20-7-8-27-26(15-20)33-11-9-31(3)10-12-33)30-25-14-23-13-21(5-6-22(23)16-28-25)24-17-29-32(4)19(24)2/h5-8,13-17H,1,9-12H2,2-4H3,(H,28,30). The fourth-order valence-electron chi connectivity index (χ4n) is 4.20. The lowest BCUT2D eigenvalue weighted by atomic mass is 10.0. The van der Waals surface area contributed by atoms with E-state index in [0.717, 1.165) is 76.7 Å². The minimum absolute atomic E-state index is 0.769. The van der Waals surface area contributed by atoms with Crippen LogP contribution in [0.25, 0.3) is 27.6 Å². The van der Waals surface area contributed by atoms with Crippen LogP contribution in [0.5, 0.6) is 0 Å². The van der Waals surface area contributed by atoms with Crippen molar-refractivity contribution in [2.24, 2.45) is 7.05 Å². The SMILES string of the molecule is C=C(Nc1cc2cc(-c3cnn(C)c3C)ccc2cn1)c1ccnc(N2CCN(C)CC2)c1. The quantitative estimate of drug-likeness (QED) is 0.504. The summed E-state index contributed by atoms with van der Waals surface area (Å²) in [5.41, 5.74) is 5.25. The molecular formula is C26H29N7. The molecule has 4 aromatic rings. The molecule has 33 heavy (non-hydrogen) atoms. The summed E-state index contributed by atoms with van der Waals surface area (Å²) in [6, 6.07) is 12.6. The van der Waals surface area contributed by atoms with Crippen molar-refractivity contribution in [3.8, 4) is 11.1 Å². The fourth-order valence-corrected chi connectivity index (χ4v) is 4.20. The Hall–Kier alpha value is -3.71. The van der Waals surface area contributed by atoms with E-state index in [1.807, 2.05) is 36.4 Å². The Morgan fingerprint density at radius 3 is 2.52 bits per heavy atom. The number of nitrogens with one attached hydrogen (secondary N) is 1. The van der Waals surface area contributed by atoms with E-state index in [0.29, 0.717) is 0 Å². The minimum Gasteiger partial charge on any atom is -0.354 e. The van der Waals surface area contributed by atoms with E-state index in [2.05, 4.69) is 81.1 Å². The molecule has 7 nitrogen and oxygen atoms in total. The van der Waals surface area contributed by atoms with Gasteiger partial charge < -0.3 is 15.1 Å². The third-order valence-corrected chi connectivity index (χ3v) is 6.47. The molecule has 7 heteroatoms. The summed E-state index contributed by atoms with van der Waals surface area (Å²) >= 11 is 0. The highest BCUT2D eigenvalue weighted by Gasteiger charge is 2.16. The van der Waals surface area contributed by atoms with E-state index in [4.69, 9.17) is 0 Å². The number of likely N-dealkylation sites (N-methyl/N-ethyl adjacent to an activating group) is 1. The van der Waals surface area contributed by atoms with Crippen molar-refractivity contribution >= 4 is 28.1 Å². The molecular weight excluding hydrogens is 410 g/mol. The number of fused-ring (bicyclic) bond motifs is 1. The number of aromatic nitrogens is 4. The molecule has 0 radical (unpaired) electrons. The van der Waals surface area contributed by atoms with E-state index < -0.39 is 0 Å². The number of hydrogen-bond acceptors (Lipinski definition) is 6. The van der Waals surface area contributed by atoms with Crippen molar-refractivity contribution in [2.45, 2.75) is 6.92 Å². The van der Waals surface area contributed by atoms with Crippen molar-refractivity contribution in [3.05, 3.63) is 72.8 Å². The number of rotatable bonds is 5. The van der Waals surface area contributed by atoms with Gasteiger partial charge in [-0.3, -0.25) is 4.68 Å². The van der Waals surface area contributed by atoms with Crippen molar-refractivity contribution < 1.29 is 0 Å². The Kier molecular flexibility index (Phi) is 5.56. The van der Waals surface area contributed by atoms with Gasteiger partial charge in [-0.2, -0.15) is 5.10 Å². The van der Waals surface area contributed by atoms with E-state index in [1.54, 1.807) is 0 Å². The van der Waals surface area contributed by atoms with Gasteiger partial charge in [0.05, 0.1) is 6.20 Å². The second kappa shape index (κ2) is 8.67. The second-order valence-electron chi connectivity index (χ2n) is 8.70. The molecule has 1 saturated heterocycles. The minimum atomic E-state index is 0.769. The van der Waals surface area contributed by atoms with Crippen molar-refractivity contribution in [2.75, 3.05) is 43.4 Å². The Labute approximate surface area is 194 Å². The van der Waals surface area contributed by atoms with Gasteiger partial charge in [-0.05, 0) is 49.2 Å². The number of benzene rings is 1. The summed E-state index contributed by atoms with van der Waals surface area (Å²) < 4.78 is 1.90. The van der Waals surface area contributed by atoms with Crippen molar-refractivity contribution in [3.63, 3.8) is 0 Å². The molecule has 0 atom stereocenters. The zero-order chi connectivity index (χ0) is 22.9. The molecule has 0 spiro atoms. The highest BCUT2D eigenvalue weighted by molar-refractivity contribution is 5.90. The summed E-state index contributed by atoms with van der Waals surface area (Å²) in [7, 11) is 4.12.